The number of methoxy groups -OCH3 is 3. The van der Waals surface area contributed by atoms with Crippen molar-refractivity contribution < 1.29 is 23.8 Å². The predicted octanol–water partition coefficient (Wildman–Crippen LogP) is 4.31. The molecule has 0 spiro atoms. The van der Waals surface area contributed by atoms with Crippen LogP contribution in [0.2, 0.25) is 0 Å². The van der Waals surface area contributed by atoms with Gasteiger partial charge >= 0.3 is 11.9 Å². The highest BCUT2D eigenvalue weighted by Gasteiger charge is 2.25. The first-order valence-electron chi connectivity index (χ1n) is 9.64. The van der Waals surface area contributed by atoms with Crippen LogP contribution in [0, 0.1) is 6.92 Å². The topological polar surface area (TPSA) is 71.7 Å². The summed E-state index contributed by atoms with van der Waals surface area (Å²) >= 11 is 0. The van der Waals surface area contributed by atoms with Crippen LogP contribution in [0.5, 0.6) is 5.75 Å². The highest BCUT2D eigenvalue weighted by atomic mass is 16.5. The number of hydrogen-bond donors (Lipinski definition) is 0. The number of benzene rings is 2. The molecule has 0 unspecified atom stereocenters. The van der Waals surface area contributed by atoms with Gasteiger partial charge in [0.05, 0.1) is 43.8 Å². The number of esters is 2. The number of aromatic nitrogens is 2. The number of hydrogen-bond acceptors (Lipinski definition) is 5. The Morgan fingerprint density at radius 1 is 0.806 bits per heavy atom. The molecule has 0 radical (unpaired) electrons. The molecule has 4 aromatic rings. The van der Waals surface area contributed by atoms with Crippen molar-refractivity contribution in [2.45, 2.75) is 6.92 Å². The molecule has 0 aliphatic rings. The van der Waals surface area contributed by atoms with Crippen LogP contribution in [-0.2, 0) is 9.47 Å². The zero-order valence-corrected chi connectivity index (χ0v) is 17.7. The van der Waals surface area contributed by atoms with E-state index in [1.807, 2.05) is 60.1 Å². The number of rotatable bonds is 5. The van der Waals surface area contributed by atoms with Crippen molar-refractivity contribution in [1.82, 2.24) is 9.35 Å². The van der Waals surface area contributed by atoms with E-state index in [1.165, 1.54) is 14.2 Å². The summed E-state index contributed by atoms with van der Waals surface area (Å²) in [6.07, 6.45) is 0. The maximum Gasteiger partial charge on any atom is 0.356 e. The van der Waals surface area contributed by atoms with E-state index in [9.17, 15) is 9.59 Å². The molecule has 0 amide bonds. The van der Waals surface area contributed by atoms with Crippen molar-refractivity contribution in [3.63, 3.8) is 0 Å². The van der Waals surface area contributed by atoms with Gasteiger partial charge < -0.3 is 14.2 Å². The second kappa shape index (κ2) is 8.02. The van der Waals surface area contributed by atoms with Crippen LogP contribution in [0.3, 0.4) is 0 Å². The highest BCUT2D eigenvalue weighted by molar-refractivity contribution is 5.97. The average molecular weight is 418 g/mol. The molecule has 0 aliphatic heterocycles. The van der Waals surface area contributed by atoms with E-state index in [0.29, 0.717) is 22.7 Å². The van der Waals surface area contributed by atoms with Crippen molar-refractivity contribution in [2.24, 2.45) is 0 Å². The van der Waals surface area contributed by atoms with E-state index in [1.54, 1.807) is 23.9 Å². The van der Waals surface area contributed by atoms with Gasteiger partial charge in [0.15, 0.2) is 0 Å². The van der Waals surface area contributed by atoms with E-state index in [-0.39, 0.29) is 0 Å². The molecule has 0 saturated heterocycles. The lowest BCUT2D eigenvalue weighted by atomic mass is 10.1. The molecule has 31 heavy (non-hydrogen) atoms. The molecule has 0 atom stereocenters. The standard InChI is InChI=1S/C24H22N2O5/c1-15-19(23(27)30-3)14-21(16-8-6-5-7-9-16)25(15)26-20-13-18(29-2)11-10-17(20)12-22(26)24(28)31-4/h5-14H,1-4H3. The van der Waals surface area contributed by atoms with Gasteiger partial charge in [0, 0.05) is 17.0 Å². The second-order valence-corrected chi connectivity index (χ2v) is 6.96. The van der Waals surface area contributed by atoms with E-state index in [2.05, 4.69) is 0 Å². The third kappa shape index (κ3) is 3.34. The fraction of sp³-hybridized carbons (Fsp3) is 0.167. The van der Waals surface area contributed by atoms with Gasteiger partial charge in [-0.3, -0.25) is 4.68 Å². The summed E-state index contributed by atoms with van der Waals surface area (Å²) in [5, 5.41) is 0.827. The molecule has 2 aromatic heterocycles. The first-order chi connectivity index (χ1) is 15.0. The van der Waals surface area contributed by atoms with Gasteiger partial charge in [0.25, 0.3) is 0 Å². The fourth-order valence-electron chi connectivity index (χ4n) is 3.75. The van der Waals surface area contributed by atoms with Crippen molar-refractivity contribution >= 4 is 22.8 Å². The Morgan fingerprint density at radius 3 is 2.16 bits per heavy atom. The van der Waals surface area contributed by atoms with Crippen LogP contribution in [0.1, 0.15) is 26.5 Å². The van der Waals surface area contributed by atoms with Crippen LogP contribution >= 0.6 is 0 Å². The molecular weight excluding hydrogens is 396 g/mol. The van der Waals surface area contributed by atoms with Crippen LogP contribution < -0.4 is 4.74 Å². The lowest BCUT2D eigenvalue weighted by Gasteiger charge is -2.18. The molecule has 7 nitrogen and oxygen atoms in total. The molecule has 4 rings (SSSR count). The molecular formula is C24H22N2O5. The van der Waals surface area contributed by atoms with Crippen LogP contribution in [0.15, 0.2) is 60.7 Å². The molecule has 0 bridgehead atoms. The molecule has 0 fully saturated rings. The highest BCUT2D eigenvalue weighted by Crippen LogP contribution is 2.32. The fourth-order valence-corrected chi connectivity index (χ4v) is 3.75. The summed E-state index contributed by atoms with van der Waals surface area (Å²) in [4.78, 5) is 25.2. The van der Waals surface area contributed by atoms with Gasteiger partial charge in [-0.15, -0.1) is 0 Å². The van der Waals surface area contributed by atoms with Gasteiger partial charge in [-0.05, 0) is 31.2 Å². The number of fused-ring (bicyclic) bond motifs is 1. The normalized spacial score (nSPS) is 10.8. The lowest BCUT2D eigenvalue weighted by molar-refractivity contribution is 0.0585. The molecule has 2 aromatic carbocycles. The quantitative estimate of drug-likeness (QED) is 0.452. The number of carbonyl (C=O) groups is 2. The van der Waals surface area contributed by atoms with Gasteiger partial charge in [-0.2, -0.15) is 0 Å². The number of nitrogens with zero attached hydrogens (tertiary/aromatic N) is 2. The summed E-state index contributed by atoms with van der Waals surface area (Å²) in [6.45, 7) is 1.81. The maximum atomic E-state index is 12.7. The van der Waals surface area contributed by atoms with Crippen molar-refractivity contribution in [3.05, 3.63) is 77.6 Å². The maximum absolute atomic E-state index is 12.7. The summed E-state index contributed by atoms with van der Waals surface area (Å²) in [6, 6.07) is 18.7. The average Bonchev–Trinajstić information content (AvgIpc) is 3.35. The Labute approximate surface area is 179 Å². The molecule has 7 heteroatoms. The first kappa shape index (κ1) is 20.3. The molecule has 0 N–H and O–H groups in total. The Bertz CT molecular complexity index is 1280. The van der Waals surface area contributed by atoms with Gasteiger partial charge in [0.1, 0.15) is 11.4 Å². The van der Waals surface area contributed by atoms with Crippen LogP contribution in [-0.4, -0.2) is 42.6 Å². The zero-order valence-electron chi connectivity index (χ0n) is 17.7. The Morgan fingerprint density at radius 2 is 1.52 bits per heavy atom. The van der Waals surface area contributed by atoms with Crippen molar-refractivity contribution in [1.29, 1.82) is 0 Å². The Hall–Kier alpha value is -4.00. The zero-order chi connectivity index (χ0) is 22.1. The summed E-state index contributed by atoms with van der Waals surface area (Å²) < 4.78 is 19.0. The third-order valence-electron chi connectivity index (χ3n) is 5.27. The van der Waals surface area contributed by atoms with Crippen molar-refractivity contribution in [2.75, 3.05) is 21.3 Å². The Balaban J connectivity index is 2.13. The number of carbonyl (C=O) groups excluding carboxylic acids is 2. The summed E-state index contributed by atoms with van der Waals surface area (Å²) in [5.41, 5.74) is 3.67. The second-order valence-electron chi connectivity index (χ2n) is 6.96. The van der Waals surface area contributed by atoms with E-state index in [0.717, 1.165) is 22.2 Å². The third-order valence-corrected chi connectivity index (χ3v) is 5.27. The van der Waals surface area contributed by atoms with E-state index in [4.69, 9.17) is 14.2 Å². The summed E-state index contributed by atoms with van der Waals surface area (Å²) in [7, 11) is 4.27. The number of ether oxygens (including phenoxy) is 3. The molecule has 0 aliphatic carbocycles. The SMILES string of the molecule is COC(=O)c1cc(-c2ccccc2)n(-n2c(C(=O)OC)cc3ccc(OC)cc32)c1C. The Kier molecular flexibility index (Phi) is 5.25. The van der Waals surface area contributed by atoms with Crippen LogP contribution in [0.25, 0.3) is 22.2 Å². The molecule has 2 heterocycles. The lowest BCUT2D eigenvalue weighted by Crippen LogP contribution is -2.19. The van der Waals surface area contributed by atoms with E-state index >= 15 is 0 Å². The minimum absolute atomic E-state index is 0.318. The molecule has 0 saturated carbocycles. The van der Waals surface area contributed by atoms with E-state index < -0.39 is 11.9 Å². The largest absolute Gasteiger partial charge is 0.497 e. The smallest absolute Gasteiger partial charge is 0.356 e. The molecule has 158 valence electrons. The minimum Gasteiger partial charge on any atom is -0.497 e. The van der Waals surface area contributed by atoms with Gasteiger partial charge in [-0.25, -0.2) is 14.3 Å². The monoisotopic (exact) mass is 418 g/mol. The minimum atomic E-state index is -0.498. The first-order valence-corrected chi connectivity index (χ1v) is 9.64. The van der Waals surface area contributed by atoms with Gasteiger partial charge in [-0.1, -0.05) is 30.3 Å². The van der Waals surface area contributed by atoms with Crippen molar-refractivity contribution in [3.8, 4) is 17.0 Å². The summed E-state index contributed by atoms with van der Waals surface area (Å²) in [5.74, 6) is -0.313. The van der Waals surface area contributed by atoms with Gasteiger partial charge in [0.2, 0.25) is 0 Å². The predicted molar refractivity (Wildman–Crippen MR) is 117 cm³/mol. The van der Waals surface area contributed by atoms with Crippen LogP contribution in [0.4, 0.5) is 0 Å².